The lowest BCUT2D eigenvalue weighted by Gasteiger charge is -2.06. The van der Waals surface area contributed by atoms with E-state index in [0.29, 0.717) is 5.75 Å². The minimum absolute atomic E-state index is 0.0467. The van der Waals surface area contributed by atoms with Crippen molar-refractivity contribution in [2.24, 2.45) is 5.10 Å². The Hall–Kier alpha value is -2.14. The monoisotopic (exact) mass is 288 g/mol. The molecule has 0 radical (unpaired) electrons. The third-order valence-electron chi connectivity index (χ3n) is 2.60. The third kappa shape index (κ3) is 4.51. The van der Waals surface area contributed by atoms with Crippen molar-refractivity contribution in [1.82, 2.24) is 5.43 Å². The molecule has 0 aliphatic rings. The number of hydrogen-bond acceptors (Lipinski definition) is 4. The number of nitrogens with one attached hydrogen (secondary N) is 1. The highest BCUT2D eigenvalue weighted by atomic mass is 32.1. The van der Waals surface area contributed by atoms with Crippen LogP contribution in [0, 0.1) is 0 Å². The molecule has 0 aliphatic carbocycles. The molecule has 5 heteroatoms. The van der Waals surface area contributed by atoms with Gasteiger partial charge in [0.05, 0.1) is 6.21 Å². The Kier molecular flexibility index (Phi) is 5.32. The topological polar surface area (TPSA) is 50.7 Å². The van der Waals surface area contributed by atoms with Gasteiger partial charge in [0.1, 0.15) is 5.75 Å². The van der Waals surface area contributed by atoms with Crippen molar-refractivity contribution in [3.05, 3.63) is 52.2 Å². The van der Waals surface area contributed by atoms with Crippen LogP contribution in [0.1, 0.15) is 17.4 Å². The van der Waals surface area contributed by atoms with E-state index >= 15 is 0 Å². The number of hydrogen-bond donors (Lipinski definition) is 1. The summed E-state index contributed by atoms with van der Waals surface area (Å²) in [4.78, 5) is 12.5. The van der Waals surface area contributed by atoms with E-state index in [4.69, 9.17) is 4.74 Å². The zero-order valence-electron chi connectivity index (χ0n) is 11.2. The Bertz CT molecular complexity index is 579. The maximum Gasteiger partial charge on any atom is 0.277 e. The molecule has 1 N–H and O–H groups in total. The van der Waals surface area contributed by atoms with Crippen LogP contribution in [-0.4, -0.2) is 18.7 Å². The summed E-state index contributed by atoms with van der Waals surface area (Å²) in [6, 6.07) is 11.6. The quantitative estimate of drug-likeness (QED) is 0.656. The molecule has 0 bridgehead atoms. The molecule has 2 aromatic rings. The average molecular weight is 288 g/mol. The van der Waals surface area contributed by atoms with Crippen LogP contribution >= 0.6 is 11.3 Å². The van der Waals surface area contributed by atoms with Crippen LogP contribution in [0.2, 0.25) is 0 Å². The first-order valence-electron chi connectivity index (χ1n) is 6.35. The second kappa shape index (κ2) is 7.45. The van der Waals surface area contributed by atoms with E-state index in [1.807, 2.05) is 41.8 Å². The van der Waals surface area contributed by atoms with Crippen molar-refractivity contribution in [1.29, 1.82) is 0 Å². The van der Waals surface area contributed by atoms with Crippen LogP contribution in [0.4, 0.5) is 0 Å². The van der Waals surface area contributed by atoms with Crippen LogP contribution in [-0.2, 0) is 11.2 Å². The van der Waals surface area contributed by atoms with Gasteiger partial charge in [-0.15, -0.1) is 11.3 Å². The van der Waals surface area contributed by atoms with Crippen LogP contribution in [0.15, 0.2) is 46.9 Å². The number of benzene rings is 1. The van der Waals surface area contributed by atoms with E-state index in [1.165, 1.54) is 5.56 Å². The van der Waals surface area contributed by atoms with Crippen molar-refractivity contribution >= 4 is 23.5 Å². The number of nitrogens with zero attached hydrogens (tertiary/aromatic N) is 1. The normalized spacial score (nSPS) is 10.7. The van der Waals surface area contributed by atoms with Crippen molar-refractivity contribution in [3.8, 4) is 5.75 Å². The molecule has 0 saturated carbocycles. The highest BCUT2D eigenvalue weighted by Crippen LogP contribution is 2.13. The highest BCUT2D eigenvalue weighted by molar-refractivity contribution is 7.11. The van der Waals surface area contributed by atoms with E-state index in [2.05, 4.69) is 17.5 Å². The summed E-state index contributed by atoms with van der Waals surface area (Å²) < 4.78 is 5.41. The Morgan fingerprint density at radius 3 is 3.05 bits per heavy atom. The van der Waals surface area contributed by atoms with Gasteiger partial charge in [0.15, 0.2) is 6.61 Å². The molecule has 1 heterocycles. The van der Waals surface area contributed by atoms with E-state index in [0.717, 1.165) is 11.3 Å². The van der Waals surface area contributed by atoms with Gasteiger partial charge >= 0.3 is 0 Å². The molecule has 4 nitrogen and oxygen atoms in total. The minimum Gasteiger partial charge on any atom is -0.484 e. The smallest absolute Gasteiger partial charge is 0.277 e. The fourth-order valence-corrected chi connectivity index (χ4v) is 2.15. The number of hydrazone groups is 1. The van der Waals surface area contributed by atoms with Crippen molar-refractivity contribution in [2.75, 3.05) is 6.61 Å². The molecular weight excluding hydrogens is 272 g/mol. The number of rotatable bonds is 6. The second-order valence-corrected chi connectivity index (χ2v) is 5.08. The van der Waals surface area contributed by atoms with Gasteiger partial charge in [-0.25, -0.2) is 5.43 Å². The van der Waals surface area contributed by atoms with Crippen LogP contribution in [0.25, 0.3) is 0 Å². The molecule has 0 atom stereocenters. The molecule has 20 heavy (non-hydrogen) atoms. The van der Waals surface area contributed by atoms with Gasteiger partial charge in [0.25, 0.3) is 5.91 Å². The summed E-state index contributed by atoms with van der Waals surface area (Å²) in [5.41, 5.74) is 3.61. The summed E-state index contributed by atoms with van der Waals surface area (Å²) >= 11 is 1.56. The standard InChI is InChI=1S/C15H16N2O2S/c1-2-12-5-3-6-13(9-12)19-11-15(18)17-16-10-14-7-4-8-20-14/h3-10H,2,11H2,1H3,(H,17,18)/b16-10+. The lowest BCUT2D eigenvalue weighted by Crippen LogP contribution is -2.24. The Labute approximate surface area is 122 Å². The molecule has 104 valence electrons. The van der Waals surface area contributed by atoms with Gasteiger partial charge in [0, 0.05) is 4.88 Å². The van der Waals surface area contributed by atoms with Crippen molar-refractivity contribution in [3.63, 3.8) is 0 Å². The fourth-order valence-electron chi connectivity index (χ4n) is 1.57. The summed E-state index contributed by atoms with van der Waals surface area (Å²) in [5.74, 6) is 0.418. The number of carbonyl (C=O) groups is 1. The summed E-state index contributed by atoms with van der Waals surface area (Å²) in [7, 11) is 0. The molecule has 2 rings (SSSR count). The average Bonchev–Trinajstić information content (AvgIpc) is 2.98. The second-order valence-electron chi connectivity index (χ2n) is 4.10. The number of carbonyl (C=O) groups excluding carboxylic acids is 1. The number of thiophene rings is 1. The summed E-state index contributed by atoms with van der Waals surface area (Å²) in [6.07, 6.45) is 2.55. The van der Waals surface area contributed by atoms with Crippen LogP contribution < -0.4 is 10.2 Å². The first kappa shape index (κ1) is 14.3. The van der Waals surface area contributed by atoms with Gasteiger partial charge in [-0.3, -0.25) is 4.79 Å². The molecule has 1 aromatic carbocycles. The molecule has 0 saturated heterocycles. The molecule has 0 fully saturated rings. The zero-order valence-corrected chi connectivity index (χ0v) is 12.0. The minimum atomic E-state index is -0.278. The van der Waals surface area contributed by atoms with Gasteiger partial charge in [-0.2, -0.15) is 5.10 Å². The molecular formula is C15H16N2O2S. The van der Waals surface area contributed by atoms with Crippen LogP contribution in [0.5, 0.6) is 5.75 Å². The van der Waals surface area contributed by atoms with Gasteiger partial charge < -0.3 is 4.74 Å². The Balaban J connectivity index is 1.77. The maximum absolute atomic E-state index is 11.6. The van der Waals surface area contributed by atoms with E-state index in [-0.39, 0.29) is 12.5 Å². The molecule has 0 unspecified atom stereocenters. The SMILES string of the molecule is CCc1cccc(OCC(=O)N/N=C/c2cccs2)c1. The first-order chi connectivity index (χ1) is 9.78. The van der Waals surface area contributed by atoms with E-state index < -0.39 is 0 Å². The first-order valence-corrected chi connectivity index (χ1v) is 7.23. The lowest BCUT2D eigenvalue weighted by atomic mass is 10.2. The van der Waals surface area contributed by atoms with Gasteiger partial charge in [-0.05, 0) is 35.6 Å². The molecule has 0 spiro atoms. The molecule has 1 amide bonds. The van der Waals surface area contributed by atoms with E-state index in [9.17, 15) is 4.79 Å². The third-order valence-corrected chi connectivity index (χ3v) is 3.41. The number of amides is 1. The lowest BCUT2D eigenvalue weighted by molar-refractivity contribution is -0.123. The predicted octanol–water partition coefficient (Wildman–Crippen LogP) is 2.84. The largest absolute Gasteiger partial charge is 0.484 e. The highest BCUT2D eigenvalue weighted by Gasteiger charge is 2.01. The predicted molar refractivity (Wildman–Crippen MR) is 81.4 cm³/mol. The van der Waals surface area contributed by atoms with E-state index in [1.54, 1.807) is 17.6 Å². The van der Waals surface area contributed by atoms with Crippen LogP contribution in [0.3, 0.4) is 0 Å². The van der Waals surface area contributed by atoms with Crippen molar-refractivity contribution in [2.45, 2.75) is 13.3 Å². The summed E-state index contributed by atoms with van der Waals surface area (Å²) in [6.45, 7) is 2.03. The summed E-state index contributed by atoms with van der Waals surface area (Å²) in [5, 5.41) is 5.82. The maximum atomic E-state index is 11.6. The zero-order chi connectivity index (χ0) is 14.2. The Morgan fingerprint density at radius 1 is 1.40 bits per heavy atom. The van der Waals surface area contributed by atoms with Gasteiger partial charge in [0.2, 0.25) is 0 Å². The van der Waals surface area contributed by atoms with Crippen molar-refractivity contribution < 1.29 is 9.53 Å². The number of ether oxygens (including phenoxy) is 1. The fraction of sp³-hybridized carbons (Fsp3) is 0.200. The molecule has 1 aromatic heterocycles. The number of aryl methyl sites for hydroxylation is 1. The molecule has 0 aliphatic heterocycles. The Morgan fingerprint density at radius 2 is 2.30 bits per heavy atom. The van der Waals surface area contributed by atoms with Gasteiger partial charge in [-0.1, -0.05) is 25.1 Å².